The third kappa shape index (κ3) is 4.57. The van der Waals surface area contributed by atoms with Crippen molar-refractivity contribution in [1.82, 2.24) is 20.3 Å². The van der Waals surface area contributed by atoms with Gasteiger partial charge in [0.2, 0.25) is 5.91 Å². The van der Waals surface area contributed by atoms with Crippen molar-refractivity contribution < 1.29 is 4.79 Å². The zero-order valence-corrected chi connectivity index (χ0v) is 17.1. The standard InChI is InChI=1S/C22H32N4O/c1-13(2)18-9-16(10-21-25-19-6-7-23-12-20(19)26-21)15(5)8-17(18)11-24-22(27)14(3)4/h6-8,12-14,16-18H,9-11H2,1-5H3,(H,24,27)(H,25,26). The molecule has 0 saturated heterocycles. The molecule has 2 N–H and O–H groups in total. The van der Waals surface area contributed by atoms with Gasteiger partial charge in [-0.05, 0) is 43.1 Å². The zero-order valence-electron chi connectivity index (χ0n) is 17.1. The van der Waals surface area contributed by atoms with Gasteiger partial charge >= 0.3 is 0 Å². The van der Waals surface area contributed by atoms with E-state index in [1.54, 1.807) is 6.20 Å². The van der Waals surface area contributed by atoms with Crippen molar-refractivity contribution in [3.05, 3.63) is 35.9 Å². The summed E-state index contributed by atoms with van der Waals surface area (Å²) in [4.78, 5) is 24.3. The summed E-state index contributed by atoms with van der Waals surface area (Å²) in [5.41, 5.74) is 3.39. The second-order valence-electron chi connectivity index (χ2n) is 8.60. The molecule has 0 radical (unpaired) electrons. The number of rotatable bonds is 6. The van der Waals surface area contributed by atoms with Crippen LogP contribution in [0.3, 0.4) is 0 Å². The first-order valence-corrected chi connectivity index (χ1v) is 10.1. The van der Waals surface area contributed by atoms with Crippen molar-refractivity contribution in [3.8, 4) is 0 Å². The summed E-state index contributed by atoms with van der Waals surface area (Å²) in [6.07, 6.45) is 8.07. The Morgan fingerprint density at radius 2 is 2.11 bits per heavy atom. The normalized spacial score (nSPS) is 23.1. The Bertz CT molecular complexity index is 788. The predicted molar refractivity (Wildman–Crippen MR) is 109 cm³/mol. The van der Waals surface area contributed by atoms with Gasteiger partial charge in [-0.2, -0.15) is 0 Å². The van der Waals surface area contributed by atoms with Crippen molar-refractivity contribution in [2.75, 3.05) is 6.54 Å². The summed E-state index contributed by atoms with van der Waals surface area (Å²) in [5.74, 6) is 3.25. The molecule has 5 nitrogen and oxygen atoms in total. The minimum atomic E-state index is 0.0338. The van der Waals surface area contributed by atoms with Crippen molar-refractivity contribution in [2.45, 2.75) is 47.5 Å². The number of nitrogens with one attached hydrogen (secondary N) is 2. The average molecular weight is 369 g/mol. The highest BCUT2D eigenvalue weighted by molar-refractivity contribution is 5.77. The molecule has 1 aliphatic rings. The molecule has 0 spiro atoms. The topological polar surface area (TPSA) is 70.7 Å². The maximum Gasteiger partial charge on any atom is 0.222 e. The lowest BCUT2D eigenvalue weighted by Crippen LogP contribution is -2.38. The van der Waals surface area contributed by atoms with Crippen LogP contribution in [0.25, 0.3) is 11.0 Å². The average Bonchev–Trinajstić information content (AvgIpc) is 3.03. The third-order valence-electron chi connectivity index (χ3n) is 5.89. The highest BCUT2D eigenvalue weighted by Crippen LogP contribution is 2.38. The van der Waals surface area contributed by atoms with E-state index in [0.717, 1.165) is 36.2 Å². The molecule has 1 aliphatic carbocycles. The van der Waals surface area contributed by atoms with Gasteiger partial charge in [0.25, 0.3) is 0 Å². The summed E-state index contributed by atoms with van der Waals surface area (Å²) in [6.45, 7) is 11.4. The van der Waals surface area contributed by atoms with Crippen LogP contribution in [0.15, 0.2) is 30.1 Å². The maximum atomic E-state index is 12.0. The summed E-state index contributed by atoms with van der Waals surface area (Å²) < 4.78 is 0. The predicted octanol–water partition coefficient (Wildman–Crippen LogP) is 4.13. The quantitative estimate of drug-likeness (QED) is 0.753. The van der Waals surface area contributed by atoms with E-state index in [-0.39, 0.29) is 11.8 Å². The van der Waals surface area contributed by atoms with E-state index < -0.39 is 0 Å². The molecular weight excluding hydrogens is 336 g/mol. The molecule has 0 saturated carbocycles. The molecular formula is C22H32N4O. The Morgan fingerprint density at radius 3 is 2.78 bits per heavy atom. The van der Waals surface area contributed by atoms with Crippen LogP contribution in [0.2, 0.25) is 0 Å². The summed E-state index contributed by atoms with van der Waals surface area (Å²) in [5, 5.41) is 3.13. The van der Waals surface area contributed by atoms with Crippen LogP contribution in [0.4, 0.5) is 0 Å². The number of imidazole rings is 1. The second kappa shape index (κ2) is 8.24. The van der Waals surface area contributed by atoms with Gasteiger partial charge in [0, 0.05) is 25.1 Å². The van der Waals surface area contributed by atoms with Crippen LogP contribution in [-0.2, 0) is 11.2 Å². The summed E-state index contributed by atoms with van der Waals surface area (Å²) >= 11 is 0. The molecule has 3 unspecified atom stereocenters. The fraction of sp³-hybridized carbons (Fsp3) is 0.591. The Morgan fingerprint density at radius 1 is 1.33 bits per heavy atom. The number of aromatic amines is 1. The second-order valence-corrected chi connectivity index (χ2v) is 8.60. The van der Waals surface area contributed by atoms with E-state index in [2.05, 4.69) is 42.1 Å². The lowest BCUT2D eigenvalue weighted by atomic mass is 9.69. The Balaban J connectivity index is 1.73. The molecule has 0 fully saturated rings. The van der Waals surface area contributed by atoms with E-state index in [1.807, 2.05) is 26.1 Å². The number of amides is 1. The molecule has 146 valence electrons. The molecule has 1 amide bonds. The van der Waals surface area contributed by atoms with E-state index in [4.69, 9.17) is 4.98 Å². The fourth-order valence-electron chi connectivity index (χ4n) is 4.17. The first-order valence-electron chi connectivity index (χ1n) is 10.1. The number of carbonyl (C=O) groups excluding carboxylic acids is 1. The molecule has 0 bridgehead atoms. The van der Waals surface area contributed by atoms with Crippen LogP contribution in [-0.4, -0.2) is 27.4 Å². The van der Waals surface area contributed by atoms with E-state index >= 15 is 0 Å². The van der Waals surface area contributed by atoms with Gasteiger partial charge in [-0.1, -0.05) is 39.3 Å². The van der Waals surface area contributed by atoms with Gasteiger partial charge < -0.3 is 10.3 Å². The van der Waals surface area contributed by atoms with Crippen molar-refractivity contribution in [3.63, 3.8) is 0 Å². The van der Waals surface area contributed by atoms with Crippen LogP contribution in [0.1, 0.15) is 46.9 Å². The van der Waals surface area contributed by atoms with E-state index in [0.29, 0.717) is 23.7 Å². The maximum absolute atomic E-state index is 12.0. The molecule has 27 heavy (non-hydrogen) atoms. The Kier molecular flexibility index (Phi) is 5.98. The number of aromatic nitrogens is 3. The molecule has 0 aromatic carbocycles. The lowest BCUT2D eigenvalue weighted by molar-refractivity contribution is -0.124. The molecule has 3 atom stereocenters. The van der Waals surface area contributed by atoms with Crippen molar-refractivity contribution >= 4 is 16.9 Å². The number of nitrogens with zero attached hydrogens (tertiary/aromatic N) is 2. The molecule has 0 aliphatic heterocycles. The molecule has 5 heteroatoms. The summed E-state index contributed by atoms with van der Waals surface area (Å²) in [6, 6.07) is 1.95. The fourth-order valence-corrected chi connectivity index (χ4v) is 4.17. The van der Waals surface area contributed by atoms with Gasteiger partial charge in [0.15, 0.2) is 0 Å². The van der Waals surface area contributed by atoms with Crippen LogP contribution in [0.5, 0.6) is 0 Å². The van der Waals surface area contributed by atoms with Gasteiger partial charge in [-0.3, -0.25) is 9.78 Å². The van der Waals surface area contributed by atoms with Crippen molar-refractivity contribution in [2.24, 2.45) is 29.6 Å². The van der Waals surface area contributed by atoms with Crippen LogP contribution in [0, 0.1) is 29.6 Å². The zero-order chi connectivity index (χ0) is 19.6. The van der Waals surface area contributed by atoms with Gasteiger partial charge in [-0.15, -0.1) is 0 Å². The first kappa shape index (κ1) is 19.6. The number of hydrogen-bond acceptors (Lipinski definition) is 3. The van der Waals surface area contributed by atoms with Crippen molar-refractivity contribution in [1.29, 1.82) is 0 Å². The molecule has 3 rings (SSSR count). The molecule has 2 aromatic rings. The van der Waals surface area contributed by atoms with E-state index in [1.165, 1.54) is 5.57 Å². The summed E-state index contributed by atoms with van der Waals surface area (Å²) in [7, 11) is 0. The van der Waals surface area contributed by atoms with Gasteiger partial charge in [0.05, 0.1) is 17.2 Å². The highest BCUT2D eigenvalue weighted by atomic mass is 16.1. The number of hydrogen-bond donors (Lipinski definition) is 2. The first-order chi connectivity index (χ1) is 12.8. The Labute approximate surface area is 162 Å². The third-order valence-corrected chi connectivity index (χ3v) is 5.89. The Hall–Kier alpha value is -2.17. The number of pyridine rings is 1. The lowest BCUT2D eigenvalue weighted by Gasteiger charge is -2.37. The highest BCUT2D eigenvalue weighted by Gasteiger charge is 2.32. The number of carbonyl (C=O) groups is 1. The SMILES string of the molecule is CC1=CC(CNC(=O)C(C)C)C(C(C)C)CC1Cc1nc2ccncc2[nH]1. The van der Waals surface area contributed by atoms with Gasteiger partial charge in [-0.25, -0.2) is 4.98 Å². The number of H-pyrrole nitrogens is 1. The number of allylic oxidation sites excluding steroid dienone is 1. The monoisotopic (exact) mass is 368 g/mol. The minimum absolute atomic E-state index is 0.0338. The van der Waals surface area contributed by atoms with E-state index in [9.17, 15) is 4.79 Å². The minimum Gasteiger partial charge on any atom is -0.355 e. The van der Waals surface area contributed by atoms with Gasteiger partial charge in [0.1, 0.15) is 5.82 Å². The molecule has 2 aromatic heterocycles. The smallest absolute Gasteiger partial charge is 0.222 e. The van der Waals surface area contributed by atoms with Crippen LogP contribution >= 0.6 is 0 Å². The largest absolute Gasteiger partial charge is 0.355 e. The number of fused-ring (bicyclic) bond motifs is 1. The van der Waals surface area contributed by atoms with Crippen LogP contribution < -0.4 is 5.32 Å². The molecule has 2 heterocycles.